The highest BCUT2D eigenvalue weighted by molar-refractivity contribution is 5.93. The van der Waals surface area contributed by atoms with Crippen molar-refractivity contribution in [2.24, 2.45) is 16.7 Å². The van der Waals surface area contributed by atoms with Gasteiger partial charge in [0, 0.05) is 17.9 Å². The minimum Gasteiger partial charge on any atom is -0.483 e. The Morgan fingerprint density at radius 1 is 1.24 bits per heavy atom. The first-order valence-electron chi connectivity index (χ1n) is 10.6. The van der Waals surface area contributed by atoms with Crippen molar-refractivity contribution in [1.29, 1.82) is 0 Å². The van der Waals surface area contributed by atoms with E-state index in [0.717, 1.165) is 32.1 Å². The second-order valence-corrected chi connectivity index (χ2v) is 9.66. The fourth-order valence-electron chi connectivity index (χ4n) is 6.50. The van der Waals surface area contributed by atoms with Crippen molar-refractivity contribution in [3.63, 3.8) is 0 Å². The maximum Gasteiger partial charge on any atom is 0.340 e. The summed E-state index contributed by atoms with van der Waals surface area (Å²) < 4.78 is 23.0. The van der Waals surface area contributed by atoms with Crippen LogP contribution in [-0.2, 0) is 28.5 Å². The van der Waals surface area contributed by atoms with Gasteiger partial charge in [-0.05, 0) is 44.4 Å². The van der Waals surface area contributed by atoms with E-state index >= 15 is 0 Å². The third-order valence-electron chi connectivity index (χ3n) is 8.65. The molecule has 0 N–H and O–H groups in total. The van der Waals surface area contributed by atoms with E-state index in [1.54, 1.807) is 0 Å². The Morgan fingerprint density at radius 2 is 1.97 bits per heavy atom. The minimum absolute atomic E-state index is 0.207. The van der Waals surface area contributed by atoms with E-state index in [1.165, 1.54) is 19.8 Å². The molecular formula is C23H32O6. The molecule has 2 aliphatic heterocycles. The highest BCUT2D eigenvalue weighted by Crippen LogP contribution is 2.70. The molecule has 6 heteroatoms. The summed E-state index contributed by atoms with van der Waals surface area (Å²) in [6.45, 7) is 11.2. The lowest BCUT2D eigenvalue weighted by molar-refractivity contribution is -0.265. The lowest BCUT2D eigenvalue weighted by Gasteiger charge is -2.67. The SMILES string of the molecule is C=C1CCC[C@]23OC4=C(C[C@@]2(C)[C@H](C)CC[C@@]13C)C(=O)O[C@]4(CC(=O)OC)OC. The summed E-state index contributed by atoms with van der Waals surface area (Å²) >= 11 is 0. The molecule has 5 atom stereocenters. The number of methoxy groups -OCH3 is 2. The van der Waals surface area contributed by atoms with Crippen LogP contribution in [0.3, 0.4) is 0 Å². The van der Waals surface area contributed by atoms with Crippen LogP contribution in [0.15, 0.2) is 23.5 Å². The minimum atomic E-state index is -1.56. The Bertz CT molecular complexity index is 814. The fraction of sp³-hybridized carbons (Fsp3) is 0.739. The van der Waals surface area contributed by atoms with Crippen molar-refractivity contribution in [2.45, 2.75) is 77.1 Å². The first-order chi connectivity index (χ1) is 13.6. The van der Waals surface area contributed by atoms with Crippen LogP contribution in [0, 0.1) is 16.7 Å². The molecule has 4 rings (SSSR count). The number of rotatable bonds is 3. The number of ether oxygens (including phenoxy) is 4. The lowest BCUT2D eigenvalue weighted by atomic mass is 9.42. The summed E-state index contributed by atoms with van der Waals surface area (Å²) in [4.78, 5) is 25.0. The molecule has 2 aliphatic carbocycles. The van der Waals surface area contributed by atoms with E-state index in [1.807, 2.05) is 0 Å². The Morgan fingerprint density at radius 3 is 2.62 bits per heavy atom. The van der Waals surface area contributed by atoms with E-state index in [9.17, 15) is 9.59 Å². The quantitative estimate of drug-likeness (QED) is 0.522. The number of carbonyl (C=O) groups is 2. The van der Waals surface area contributed by atoms with E-state index in [-0.39, 0.29) is 17.3 Å². The Hall–Kier alpha value is -1.82. The summed E-state index contributed by atoms with van der Waals surface area (Å²) in [5.41, 5.74) is 0.751. The summed E-state index contributed by atoms with van der Waals surface area (Å²) in [6.07, 6.45) is 5.24. The van der Waals surface area contributed by atoms with Crippen molar-refractivity contribution in [1.82, 2.24) is 0 Å². The van der Waals surface area contributed by atoms with Gasteiger partial charge in [0.05, 0.1) is 12.7 Å². The predicted octanol–water partition coefficient (Wildman–Crippen LogP) is 4.04. The molecule has 0 aromatic rings. The summed E-state index contributed by atoms with van der Waals surface area (Å²) in [6, 6.07) is 0. The molecule has 4 aliphatic rings. The van der Waals surface area contributed by atoms with E-state index in [4.69, 9.17) is 18.9 Å². The molecule has 2 fully saturated rings. The predicted molar refractivity (Wildman–Crippen MR) is 106 cm³/mol. The number of esters is 2. The highest BCUT2D eigenvalue weighted by Gasteiger charge is 2.71. The zero-order valence-electron chi connectivity index (χ0n) is 18.2. The number of carbonyl (C=O) groups excluding carboxylic acids is 2. The highest BCUT2D eigenvalue weighted by atomic mass is 16.7. The smallest absolute Gasteiger partial charge is 0.340 e. The number of hydrogen-bond donors (Lipinski definition) is 0. The van der Waals surface area contributed by atoms with Crippen molar-refractivity contribution in [3.05, 3.63) is 23.5 Å². The molecule has 0 unspecified atom stereocenters. The average molecular weight is 405 g/mol. The van der Waals surface area contributed by atoms with Gasteiger partial charge in [-0.15, -0.1) is 0 Å². The largest absolute Gasteiger partial charge is 0.483 e. The van der Waals surface area contributed by atoms with Crippen molar-refractivity contribution in [2.75, 3.05) is 14.2 Å². The van der Waals surface area contributed by atoms with E-state index < -0.39 is 23.3 Å². The molecule has 29 heavy (non-hydrogen) atoms. The van der Waals surface area contributed by atoms with Crippen LogP contribution in [0.2, 0.25) is 0 Å². The normalized spacial score (nSPS) is 43.7. The van der Waals surface area contributed by atoms with Gasteiger partial charge >= 0.3 is 11.9 Å². The standard InChI is InChI=1S/C23H32O6/c1-14-8-7-10-23-20(14,3)11-9-15(2)21(23,4)12-16-18(28-23)22(27-6,29-19(16)25)13-17(24)26-5/h15H,1,7-13H2,2-6H3/t15-,20+,21+,22+,23-/m1/s1. The van der Waals surface area contributed by atoms with Gasteiger partial charge in [0.15, 0.2) is 5.76 Å². The summed E-state index contributed by atoms with van der Waals surface area (Å²) in [5, 5.41) is 0. The molecule has 0 radical (unpaired) electrons. The van der Waals surface area contributed by atoms with Gasteiger partial charge in [-0.1, -0.05) is 32.9 Å². The van der Waals surface area contributed by atoms with Crippen LogP contribution in [0.5, 0.6) is 0 Å². The number of cyclic esters (lactones) is 1. The number of hydrogen-bond acceptors (Lipinski definition) is 6. The Kier molecular flexibility index (Phi) is 4.47. The van der Waals surface area contributed by atoms with Crippen molar-refractivity contribution >= 4 is 11.9 Å². The Balaban J connectivity index is 1.89. The second kappa shape index (κ2) is 6.34. The molecule has 0 saturated heterocycles. The Labute approximate surface area is 172 Å². The van der Waals surface area contributed by atoms with Crippen LogP contribution in [0.4, 0.5) is 0 Å². The summed E-state index contributed by atoms with van der Waals surface area (Å²) in [5.74, 6) is -1.80. The molecule has 6 nitrogen and oxygen atoms in total. The maximum atomic E-state index is 12.9. The molecule has 2 heterocycles. The molecule has 0 aromatic heterocycles. The van der Waals surface area contributed by atoms with Gasteiger partial charge in [0.25, 0.3) is 5.79 Å². The van der Waals surface area contributed by atoms with Crippen LogP contribution < -0.4 is 0 Å². The molecular weight excluding hydrogens is 372 g/mol. The third kappa shape index (κ3) is 2.38. The first kappa shape index (κ1) is 20.5. The van der Waals surface area contributed by atoms with Gasteiger partial charge in [0.2, 0.25) is 0 Å². The van der Waals surface area contributed by atoms with Crippen LogP contribution >= 0.6 is 0 Å². The van der Waals surface area contributed by atoms with Gasteiger partial charge < -0.3 is 18.9 Å². The topological polar surface area (TPSA) is 71.1 Å². The average Bonchev–Trinajstić information content (AvgIpc) is 2.94. The van der Waals surface area contributed by atoms with Gasteiger partial charge in [-0.25, -0.2) is 4.79 Å². The third-order valence-corrected chi connectivity index (χ3v) is 8.65. The van der Waals surface area contributed by atoms with Crippen molar-refractivity contribution in [3.8, 4) is 0 Å². The molecule has 2 saturated carbocycles. The second-order valence-electron chi connectivity index (χ2n) is 9.66. The molecule has 1 spiro atoms. The molecule has 0 bridgehead atoms. The van der Waals surface area contributed by atoms with Gasteiger partial charge in [0.1, 0.15) is 12.0 Å². The lowest BCUT2D eigenvalue weighted by Crippen LogP contribution is -2.68. The van der Waals surface area contributed by atoms with Crippen LogP contribution in [0.1, 0.15) is 65.7 Å². The van der Waals surface area contributed by atoms with E-state index in [2.05, 4.69) is 27.4 Å². The monoisotopic (exact) mass is 404 g/mol. The van der Waals surface area contributed by atoms with E-state index in [0.29, 0.717) is 23.7 Å². The summed E-state index contributed by atoms with van der Waals surface area (Å²) in [7, 11) is 2.74. The molecule has 160 valence electrons. The maximum absolute atomic E-state index is 12.9. The molecule has 0 amide bonds. The van der Waals surface area contributed by atoms with Crippen LogP contribution in [-0.4, -0.2) is 37.5 Å². The van der Waals surface area contributed by atoms with Gasteiger partial charge in [-0.3, -0.25) is 4.79 Å². The first-order valence-corrected chi connectivity index (χ1v) is 10.6. The fourth-order valence-corrected chi connectivity index (χ4v) is 6.50. The van der Waals surface area contributed by atoms with Gasteiger partial charge in [-0.2, -0.15) is 0 Å². The molecule has 0 aromatic carbocycles. The van der Waals surface area contributed by atoms with Crippen LogP contribution in [0.25, 0.3) is 0 Å². The van der Waals surface area contributed by atoms with Crippen molar-refractivity contribution < 1.29 is 28.5 Å². The zero-order chi connectivity index (χ0) is 21.2. The zero-order valence-corrected chi connectivity index (χ0v) is 18.2.